The number of nitrogens with one attached hydrogen (secondary N) is 1. The van der Waals surface area contributed by atoms with Gasteiger partial charge in [-0.05, 0) is 73.6 Å². The van der Waals surface area contributed by atoms with Crippen molar-refractivity contribution in [3.63, 3.8) is 0 Å². The number of benzene rings is 1. The third-order valence-electron chi connectivity index (χ3n) is 6.63. The molecule has 0 amide bonds. The van der Waals surface area contributed by atoms with Crippen LogP contribution in [0.1, 0.15) is 48.2 Å². The average molecular weight is 478 g/mol. The summed E-state index contributed by atoms with van der Waals surface area (Å²) in [6, 6.07) is 9.13. The van der Waals surface area contributed by atoms with Gasteiger partial charge in [0.25, 0.3) is 0 Å². The molecule has 0 fully saturated rings. The molecule has 0 bridgehead atoms. The Morgan fingerprint density at radius 3 is 2.76 bits per heavy atom. The van der Waals surface area contributed by atoms with Gasteiger partial charge in [0, 0.05) is 18.3 Å². The first kappa shape index (κ1) is 24.7. The van der Waals surface area contributed by atoms with Crippen LogP contribution in [0.3, 0.4) is 0 Å². The van der Waals surface area contributed by atoms with E-state index in [-0.39, 0.29) is 12.7 Å². The maximum absolute atomic E-state index is 13.7. The second kappa shape index (κ2) is 10.4. The Hall–Kier alpha value is -2.45. The average Bonchev–Trinajstić information content (AvgIpc) is 3.15. The van der Waals surface area contributed by atoms with Crippen LogP contribution in [-0.2, 0) is 6.42 Å². The number of ether oxygens (including phenoxy) is 1. The van der Waals surface area contributed by atoms with Gasteiger partial charge in [0.05, 0.1) is 25.5 Å². The maximum Gasteiger partial charge on any atom is 0.401 e. The molecule has 34 heavy (non-hydrogen) atoms. The second-order valence-corrected chi connectivity index (χ2v) is 9.07. The molecule has 184 valence electrons. The first-order valence-electron chi connectivity index (χ1n) is 11.8. The topological polar surface area (TPSA) is 37.4 Å². The minimum atomic E-state index is -4.31. The minimum Gasteiger partial charge on any atom is -0.491 e. The van der Waals surface area contributed by atoms with E-state index in [1.165, 1.54) is 0 Å². The Morgan fingerprint density at radius 1 is 1.21 bits per heavy atom. The van der Waals surface area contributed by atoms with Crippen LogP contribution < -0.4 is 10.1 Å². The lowest BCUT2D eigenvalue weighted by atomic mass is 9.84. The number of pyridine rings is 1. The lowest BCUT2D eigenvalue weighted by Gasteiger charge is -2.43. The molecule has 2 aliphatic rings. The van der Waals surface area contributed by atoms with Gasteiger partial charge in [-0.2, -0.15) is 13.2 Å². The van der Waals surface area contributed by atoms with Crippen molar-refractivity contribution in [3.8, 4) is 5.75 Å². The third kappa shape index (κ3) is 5.44. The van der Waals surface area contributed by atoms with Crippen molar-refractivity contribution < 1.29 is 22.3 Å². The molecule has 1 aliphatic carbocycles. The molecule has 0 saturated carbocycles. The Balaban J connectivity index is 1.65. The molecule has 0 radical (unpaired) electrons. The molecule has 1 N–H and O–H groups in total. The van der Waals surface area contributed by atoms with E-state index in [0.717, 1.165) is 27.8 Å². The highest BCUT2D eigenvalue weighted by atomic mass is 19.4. The van der Waals surface area contributed by atoms with Crippen molar-refractivity contribution in [2.24, 2.45) is 0 Å². The van der Waals surface area contributed by atoms with E-state index in [1.54, 1.807) is 11.1 Å². The predicted molar refractivity (Wildman–Crippen MR) is 125 cm³/mol. The first-order valence-corrected chi connectivity index (χ1v) is 11.8. The lowest BCUT2D eigenvalue weighted by Crippen LogP contribution is -2.46. The summed E-state index contributed by atoms with van der Waals surface area (Å²) in [7, 11) is 0. The van der Waals surface area contributed by atoms with E-state index < -0.39 is 18.8 Å². The number of aryl methyl sites for hydroxylation is 1. The molecule has 0 unspecified atom stereocenters. The normalized spacial score (nSPS) is 20.4. The zero-order valence-corrected chi connectivity index (χ0v) is 19.6. The molecule has 4 rings (SSSR count). The van der Waals surface area contributed by atoms with E-state index in [0.29, 0.717) is 50.4 Å². The zero-order valence-electron chi connectivity index (χ0n) is 19.6. The van der Waals surface area contributed by atoms with Gasteiger partial charge >= 0.3 is 6.18 Å². The quantitative estimate of drug-likeness (QED) is 0.386. The summed E-state index contributed by atoms with van der Waals surface area (Å²) >= 11 is 0. The standard InChI is InChI=1S/C26H31F4N3O/c1-17-12-23-21-7-4-3-6-19(21)13-24(23)25(33(17)16-26(28,29)30)22-14-20(15-32-18(22)2)34-11-10-31-9-5-8-27/h3-4,6-7,14-15,17,25,31H,5,8-13,16H2,1-2H3/t17-,25-/m1/s1. The smallest absolute Gasteiger partial charge is 0.401 e. The van der Waals surface area contributed by atoms with Gasteiger partial charge in [-0.1, -0.05) is 24.3 Å². The summed E-state index contributed by atoms with van der Waals surface area (Å²) in [5, 5.41) is 3.10. The van der Waals surface area contributed by atoms with Crippen LogP contribution in [-0.4, -0.2) is 55.0 Å². The third-order valence-corrected chi connectivity index (χ3v) is 6.63. The van der Waals surface area contributed by atoms with Crippen molar-refractivity contribution >= 4 is 5.57 Å². The fraction of sp³-hybridized carbons (Fsp3) is 0.500. The largest absolute Gasteiger partial charge is 0.491 e. The molecule has 0 spiro atoms. The highest BCUT2D eigenvalue weighted by Gasteiger charge is 2.44. The van der Waals surface area contributed by atoms with E-state index in [9.17, 15) is 17.6 Å². The Kier molecular flexibility index (Phi) is 7.57. The Labute approximate surface area is 198 Å². The molecular formula is C26H31F4N3O. The molecule has 2 atom stereocenters. The molecule has 0 saturated heterocycles. The monoisotopic (exact) mass is 477 g/mol. The van der Waals surface area contributed by atoms with Gasteiger partial charge in [-0.15, -0.1) is 0 Å². The van der Waals surface area contributed by atoms with Crippen molar-refractivity contribution in [2.45, 2.75) is 51.4 Å². The van der Waals surface area contributed by atoms with Gasteiger partial charge in [0.15, 0.2) is 0 Å². The van der Waals surface area contributed by atoms with Crippen LogP contribution in [0.25, 0.3) is 5.57 Å². The molecule has 1 aliphatic heterocycles. The van der Waals surface area contributed by atoms with Crippen molar-refractivity contribution in [3.05, 3.63) is 64.5 Å². The summed E-state index contributed by atoms with van der Waals surface area (Å²) in [6.07, 6.45) is -1.02. The van der Waals surface area contributed by atoms with E-state index in [2.05, 4.69) is 22.4 Å². The molecule has 1 aromatic carbocycles. The Morgan fingerprint density at radius 2 is 2.00 bits per heavy atom. The SMILES string of the molecule is Cc1ncc(OCCNCCCF)cc1[C@@H]1C2=C(C[C@@H](C)N1CC(F)(F)F)c1ccccc1C2. The van der Waals surface area contributed by atoms with Crippen LogP contribution in [0.2, 0.25) is 0 Å². The number of halogens is 4. The van der Waals surface area contributed by atoms with Gasteiger partial charge in [-0.3, -0.25) is 14.3 Å². The van der Waals surface area contributed by atoms with Crippen molar-refractivity contribution in [1.29, 1.82) is 0 Å². The minimum absolute atomic E-state index is 0.278. The van der Waals surface area contributed by atoms with Crippen LogP contribution in [0, 0.1) is 6.92 Å². The number of aromatic nitrogens is 1. The van der Waals surface area contributed by atoms with Crippen LogP contribution in [0.5, 0.6) is 5.75 Å². The van der Waals surface area contributed by atoms with Gasteiger partial charge < -0.3 is 10.1 Å². The summed E-state index contributed by atoms with van der Waals surface area (Å²) in [5.74, 6) is 0.524. The molecule has 1 aromatic heterocycles. The number of alkyl halides is 4. The fourth-order valence-electron chi connectivity index (χ4n) is 5.09. The highest BCUT2D eigenvalue weighted by Crippen LogP contribution is 2.49. The van der Waals surface area contributed by atoms with E-state index in [1.807, 2.05) is 32.0 Å². The van der Waals surface area contributed by atoms with Gasteiger partial charge in [0.1, 0.15) is 12.4 Å². The molecule has 4 nitrogen and oxygen atoms in total. The second-order valence-electron chi connectivity index (χ2n) is 9.07. The maximum atomic E-state index is 13.7. The first-order chi connectivity index (χ1) is 16.3. The van der Waals surface area contributed by atoms with Crippen molar-refractivity contribution in [1.82, 2.24) is 15.2 Å². The van der Waals surface area contributed by atoms with Crippen LogP contribution in [0.15, 0.2) is 42.1 Å². The number of hydrogen-bond donors (Lipinski definition) is 1. The molecular weight excluding hydrogens is 446 g/mol. The Bertz CT molecular complexity index is 1040. The van der Waals surface area contributed by atoms with E-state index in [4.69, 9.17) is 4.74 Å². The highest BCUT2D eigenvalue weighted by molar-refractivity contribution is 5.79. The number of rotatable bonds is 9. The van der Waals surface area contributed by atoms with Crippen LogP contribution >= 0.6 is 0 Å². The number of fused-ring (bicyclic) bond motifs is 2. The molecule has 2 aromatic rings. The van der Waals surface area contributed by atoms with E-state index >= 15 is 0 Å². The summed E-state index contributed by atoms with van der Waals surface area (Å²) in [5.41, 5.74) is 5.95. The zero-order chi connectivity index (χ0) is 24.3. The van der Waals surface area contributed by atoms with Crippen molar-refractivity contribution in [2.75, 3.05) is 32.9 Å². The summed E-state index contributed by atoms with van der Waals surface area (Å²) < 4.78 is 59.0. The van der Waals surface area contributed by atoms with Crippen LogP contribution in [0.4, 0.5) is 17.6 Å². The predicted octanol–water partition coefficient (Wildman–Crippen LogP) is 5.43. The lowest BCUT2D eigenvalue weighted by molar-refractivity contribution is -0.155. The number of hydrogen-bond acceptors (Lipinski definition) is 4. The summed E-state index contributed by atoms with van der Waals surface area (Å²) in [6.45, 7) is 3.85. The van der Waals surface area contributed by atoms with Gasteiger partial charge in [0.2, 0.25) is 0 Å². The fourth-order valence-corrected chi connectivity index (χ4v) is 5.09. The van der Waals surface area contributed by atoms with Gasteiger partial charge in [-0.25, -0.2) is 0 Å². The number of nitrogens with zero attached hydrogens (tertiary/aromatic N) is 2. The molecule has 8 heteroatoms. The summed E-state index contributed by atoms with van der Waals surface area (Å²) in [4.78, 5) is 6.04. The molecule has 2 heterocycles.